The van der Waals surface area contributed by atoms with Crippen molar-refractivity contribution in [3.63, 3.8) is 0 Å². The van der Waals surface area contributed by atoms with Crippen LogP contribution in [0, 0.1) is 0 Å². The summed E-state index contributed by atoms with van der Waals surface area (Å²) in [5.74, 6) is 0.147. The molecule has 0 aliphatic rings. The molecule has 9 aromatic carbocycles. The molecule has 0 unspecified atom stereocenters. The summed E-state index contributed by atoms with van der Waals surface area (Å²) in [6, 6.07) is 72.9. The normalized spacial score (nSPS) is 11.0. The highest BCUT2D eigenvalue weighted by atomic mass is 16.3. The number of furan rings is 1. The molecule has 0 atom stereocenters. The van der Waals surface area contributed by atoms with E-state index < -0.39 is 0 Å². The van der Waals surface area contributed by atoms with Gasteiger partial charge < -0.3 is 19.3 Å². The van der Waals surface area contributed by atoms with Crippen LogP contribution >= 0.6 is 0 Å². The van der Waals surface area contributed by atoms with Gasteiger partial charge in [0.2, 0.25) is 0 Å². The molecular formula is C55H44N2O2. The molecule has 4 nitrogen and oxygen atoms in total. The fourth-order valence-electron chi connectivity index (χ4n) is 7.88. The number of fused-ring (bicyclic) bond motifs is 4. The van der Waals surface area contributed by atoms with Gasteiger partial charge in [0.25, 0.3) is 0 Å². The van der Waals surface area contributed by atoms with E-state index in [-0.39, 0.29) is 5.75 Å². The maximum atomic E-state index is 12.9. The van der Waals surface area contributed by atoms with Gasteiger partial charge in [-0.15, -0.1) is 0 Å². The standard InChI is InChI=1S/C52H36N2O2.C3H8/c55-52-48(53(40-20-7-2-8-21-40)41-22-9-3-10-23-41)33-39(45-27-15-19-37-18-13-14-26-44(37)45)34-49(52)54(42-24-11-4-12-25-42)43-29-31-51-47(35-43)46-32-38(28-30-50(46)56-51)36-16-5-1-6-17-36;1-3-2/h1-35,55H;3H2,1-2H3. The Bertz CT molecular complexity index is 2950. The molecule has 0 aliphatic carbocycles. The van der Waals surface area contributed by atoms with E-state index in [0.717, 1.165) is 77.7 Å². The van der Waals surface area contributed by atoms with Crippen molar-refractivity contribution in [2.45, 2.75) is 20.3 Å². The van der Waals surface area contributed by atoms with Crippen LogP contribution < -0.4 is 9.80 Å². The minimum absolute atomic E-state index is 0.147. The Morgan fingerprint density at radius 1 is 0.390 bits per heavy atom. The van der Waals surface area contributed by atoms with Crippen molar-refractivity contribution in [2.75, 3.05) is 9.80 Å². The van der Waals surface area contributed by atoms with E-state index in [1.54, 1.807) is 0 Å². The van der Waals surface area contributed by atoms with Crippen LogP contribution in [0.5, 0.6) is 5.75 Å². The van der Waals surface area contributed by atoms with Crippen LogP contribution in [-0.4, -0.2) is 5.11 Å². The van der Waals surface area contributed by atoms with Crippen molar-refractivity contribution in [1.82, 2.24) is 0 Å². The summed E-state index contributed by atoms with van der Waals surface area (Å²) in [6.07, 6.45) is 1.25. The second-order valence-electron chi connectivity index (χ2n) is 14.6. The SMILES string of the molecule is CCC.Oc1c(N(c2ccccc2)c2ccccc2)cc(-c2cccc3ccccc23)cc1N(c1ccccc1)c1ccc2oc3ccc(-c4ccccc4)cc3c2c1. The third-order valence-electron chi connectivity index (χ3n) is 10.5. The number of para-hydroxylation sites is 3. The van der Waals surface area contributed by atoms with E-state index in [1.807, 2.05) is 66.7 Å². The first kappa shape index (κ1) is 37.0. The smallest absolute Gasteiger partial charge is 0.163 e. The summed E-state index contributed by atoms with van der Waals surface area (Å²) >= 11 is 0. The lowest BCUT2D eigenvalue weighted by Crippen LogP contribution is -2.14. The summed E-state index contributed by atoms with van der Waals surface area (Å²) in [5.41, 5.74) is 10.9. The van der Waals surface area contributed by atoms with Gasteiger partial charge >= 0.3 is 0 Å². The number of hydrogen-bond acceptors (Lipinski definition) is 4. The number of nitrogens with zero attached hydrogens (tertiary/aromatic N) is 2. The predicted octanol–water partition coefficient (Wildman–Crippen LogP) is 16.1. The monoisotopic (exact) mass is 764 g/mol. The van der Waals surface area contributed by atoms with Gasteiger partial charge in [-0.1, -0.05) is 154 Å². The Morgan fingerprint density at radius 3 is 1.46 bits per heavy atom. The van der Waals surface area contributed by atoms with Crippen LogP contribution in [0.1, 0.15) is 20.3 Å². The van der Waals surface area contributed by atoms with Crippen LogP contribution in [0.4, 0.5) is 34.1 Å². The highest BCUT2D eigenvalue weighted by Crippen LogP contribution is 2.51. The van der Waals surface area contributed by atoms with Crippen LogP contribution in [0.15, 0.2) is 217 Å². The molecule has 0 radical (unpaired) electrons. The van der Waals surface area contributed by atoms with Gasteiger partial charge in [-0.3, -0.25) is 0 Å². The van der Waals surface area contributed by atoms with Crippen molar-refractivity contribution >= 4 is 66.8 Å². The zero-order valence-corrected chi connectivity index (χ0v) is 33.2. The van der Waals surface area contributed by atoms with Crippen molar-refractivity contribution in [1.29, 1.82) is 0 Å². The fourth-order valence-corrected chi connectivity index (χ4v) is 7.88. The van der Waals surface area contributed by atoms with Crippen LogP contribution in [0.3, 0.4) is 0 Å². The summed E-state index contributed by atoms with van der Waals surface area (Å²) in [7, 11) is 0. The van der Waals surface area contributed by atoms with Crippen LogP contribution in [-0.2, 0) is 0 Å². The number of phenols is 1. The minimum Gasteiger partial charge on any atom is -0.504 e. The van der Waals surface area contributed by atoms with Gasteiger partial charge in [-0.2, -0.15) is 0 Å². The highest BCUT2D eigenvalue weighted by Gasteiger charge is 2.26. The Morgan fingerprint density at radius 2 is 0.864 bits per heavy atom. The van der Waals surface area contributed by atoms with Gasteiger partial charge in [0, 0.05) is 33.5 Å². The Hall–Kier alpha value is -7.56. The van der Waals surface area contributed by atoms with E-state index >= 15 is 0 Å². The van der Waals surface area contributed by atoms with Crippen molar-refractivity contribution in [3.05, 3.63) is 212 Å². The molecule has 1 N–H and O–H groups in total. The number of benzene rings is 9. The summed E-state index contributed by atoms with van der Waals surface area (Å²) in [4.78, 5) is 4.29. The lowest BCUT2D eigenvalue weighted by molar-refractivity contribution is 0.478. The Labute approximate surface area is 345 Å². The number of anilines is 6. The topological polar surface area (TPSA) is 39.9 Å². The van der Waals surface area contributed by atoms with E-state index in [1.165, 1.54) is 6.42 Å². The Kier molecular flexibility index (Phi) is 10.4. The number of aromatic hydroxyl groups is 1. The molecule has 10 aromatic rings. The quantitative estimate of drug-likeness (QED) is 0.167. The molecular weight excluding hydrogens is 721 g/mol. The molecule has 0 amide bonds. The largest absolute Gasteiger partial charge is 0.504 e. The van der Waals surface area contributed by atoms with Gasteiger partial charge in [0.15, 0.2) is 5.75 Å². The fraction of sp³-hybridized carbons (Fsp3) is 0.0545. The molecule has 4 heteroatoms. The minimum atomic E-state index is 0.147. The summed E-state index contributed by atoms with van der Waals surface area (Å²) < 4.78 is 6.41. The predicted molar refractivity (Wildman–Crippen MR) is 249 cm³/mol. The van der Waals surface area contributed by atoms with E-state index in [2.05, 4.69) is 169 Å². The zero-order chi connectivity index (χ0) is 40.1. The second kappa shape index (κ2) is 16.5. The molecule has 0 saturated carbocycles. The molecule has 10 rings (SSSR count). The van der Waals surface area contributed by atoms with Gasteiger partial charge in [-0.05, 0) is 112 Å². The first-order valence-corrected chi connectivity index (χ1v) is 20.2. The maximum absolute atomic E-state index is 12.9. The van der Waals surface area contributed by atoms with Crippen molar-refractivity contribution in [2.24, 2.45) is 0 Å². The molecule has 0 bridgehead atoms. The van der Waals surface area contributed by atoms with Crippen LogP contribution in [0.2, 0.25) is 0 Å². The number of hydrogen-bond donors (Lipinski definition) is 1. The lowest BCUT2D eigenvalue weighted by Gasteiger charge is -2.31. The molecule has 0 spiro atoms. The lowest BCUT2D eigenvalue weighted by atomic mass is 9.96. The number of rotatable bonds is 8. The molecule has 0 saturated heterocycles. The first-order valence-electron chi connectivity index (χ1n) is 20.2. The maximum Gasteiger partial charge on any atom is 0.163 e. The molecule has 59 heavy (non-hydrogen) atoms. The molecule has 1 aromatic heterocycles. The third kappa shape index (κ3) is 7.29. The second-order valence-corrected chi connectivity index (χ2v) is 14.6. The number of phenolic OH excluding ortho intramolecular Hbond substituents is 1. The van der Waals surface area contributed by atoms with Crippen molar-refractivity contribution < 1.29 is 9.52 Å². The zero-order valence-electron chi connectivity index (χ0n) is 33.2. The van der Waals surface area contributed by atoms with Gasteiger partial charge in [-0.25, -0.2) is 0 Å². The molecule has 0 aliphatic heterocycles. The van der Waals surface area contributed by atoms with Gasteiger partial charge in [0.1, 0.15) is 11.2 Å². The van der Waals surface area contributed by atoms with E-state index in [9.17, 15) is 5.11 Å². The highest BCUT2D eigenvalue weighted by molar-refractivity contribution is 6.08. The van der Waals surface area contributed by atoms with E-state index in [0.29, 0.717) is 11.4 Å². The first-order chi connectivity index (χ1) is 29.1. The van der Waals surface area contributed by atoms with Crippen LogP contribution in [0.25, 0.3) is 55.0 Å². The average Bonchev–Trinajstić information content (AvgIpc) is 3.66. The average molecular weight is 765 g/mol. The Balaban J connectivity index is 0.00000145. The van der Waals surface area contributed by atoms with Crippen molar-refractivity contribution in [3.8, 4) is 28.0 Å². The van der Waals surface area contributed by atoms with E-state index in [4.69, 9.17) is 4.42 Å². The third-order valence-corrected chi connectivity index (χ3v) is 10.5. The summed E-state index contributed by atoms with van der Waals surface area (Å²) in [5, 5.41) is 17.2. The molecule has 286 valence electrons. The van der Waals surface area contributed by atoms with Gasteiger partial charge in [0.05, 0.1) is 11.4 Å². The molecule has 1 heterocycles. The summed E-state index contributed by atoms with van der Waals surface area (Å²) in [6.45, 7) is 4.25. The molecule has 0 fully saturated rings.